The zero-order valence-electron chi connectivity index (χ0n) is 15.1. The first-order chi connectivity index (χ1) is 12.3. The van der Waals surface area contributed by atoms with E-state index in [4.69, 9.17) is 5.14 Å². The van der Waals surface area contributed by atoms with Gasteiger partial charge in [-0.15, -0.1) is 11.8 Å². The Balaban J connectivity index is 2.00. The minimum atomic E-state index is -3.70. The Bertz CT molecular complexity index is 865. The van der Waals surface area contributed by atoms with Gasteiger partial charge in [-0.1, -0.05) is 24.3 Å². The molecule has 0 atom stereocenters. The Labute approximate surface area is 159 Å². The molecule has 0 heterocycles. The predicted molar refractivity (Wildman–Crippen MR) is 108 cm³/mol. The molecule has 2 aromatic carbocycles. The highest BCUT2D eigenvalue weighted by molar-refractivity contribution is 7.98. The number of guanidine groups is 1. The Morgan fingerprint density at radius 2 is 1.88 bits per heavy atom. The van der Waals surface area contributed by atoms with Crippen molar-refractivity contribution < 1.29 is 8.42 Å². The molecule has 0 saturated carbocycles. The molecule has 8 heteroatoms. The number of nitrogens with two attached hydrogens (primary N) is 1. The molecule has 0 amide bonds. The Hall–Kier alpha value is -2.03. The van der Waals surface area contributed by atoms with E-state index in [0.29, 0.717) is 13.1 Å². The third-order valence-electron chi connectivity index (χ3n) is 3.83. The zero-order chi connectivity index (χ0) is 19.2. The van der Waals surface area contributed by atoms with Gasteiger partial charge in [-0.3, -0.25) is 4.99 Å². The van der Waals surface area contributed by atoms with Crippen LogP contribution in [0.5, 0.6) is 0 Å². The number of nitrogens with zero attached hydrogens (tertiary/aromatic N) is 2. The summed E-state index contributed by atoms with van der Waals surface area (Å²) < 4.78 is 22.9. The Morgan fingerprint density at radius 1 is 1.19 bits per heavy atom. The second-order valence-corrected chi connectivity index (χ2v) is 8.24. The van der Waals surface area contributed by atoms with E-state index in [1.807, 2.05) is 18.0 Å². The average Bonchev–Trinajstić information content (AvgIpc) is 2.62. The van der Waals surface area contributed by atoms with Gasteiger partial charge in [0.15, 0.2) is 5.96 Å². The lowest BCUT2D eigenvalue weighted by molar-refractivity contribution is 0.476. The summed E-state index contributed by atoms with van der Waals surface area (Å²) in [6.07, 6.45) is 2.05. The van der Waals surface area contributed by atoms with Crippen molar-refractivity contribution in [3.8, 4) is 0 Å². The van der Waals surface area contributed by atoms with Crippen molar-refractivity contribution >= 4 is 27.7 Å². The van der Waals surface area contributed by atoms with Crippen molar-refractivity contribution in [2.45, 2.75) is 22.9 Å². The molecule has 0 bridgehead atoms. The molecule has 3 N–H and O–H groups in total. The number of benzene rings is 2. The lowest BCUT2D eigenvalue weighted by Crippen LogP contribution is -2.38. The molecule has 0 aliphatic rings. The van der Waals surface area contributed by atoms with E-state index < -0.39 is 10.0 Å². The molecular weight excluding hydrogens is 368 g/mol. The predicted octanol–water partition coefficient (Wildman–Crippen LogP) is 2.26. The first kappa shape index (κ1) is 20.3. The van der Waals surface area contributed by atoms with Crippen LogP contribution in [0.25, 0.3) is 0 Å². The summed E-state index contributed by atoms with van der Waals surface area (Å²) in [5.41, 5.74) is 2.00. The van der Waals surface area contributed by atoms with Crippen molar-refractivity contribution in [2.24, 2.45) is 10.1 Å². The van der Waals surface area contributed by atoms with Gasteiger partial charge in [0.1, 0.15) is 0 Å². The first-order valence-electron chi connectivity index (χ1n) is 8.00. The van der Waals surface area contributed by atoms with Crippen LogP contribution in [0.15, 0.2) is 63.3 Å². The molecule has 2 aromatic rings. The van der Waals surface area contributed by atoms with Crippen LogP contribution in [0, 0.1) is 0 Å². The second-order valence-electron chi connectivity index (χ2n) is 5.80. The number of nitrogens with one attached hydrogen (secondary N) is 1. The Kier molecular flexibility index (Phi) is 7.07. The maximum Gasteiger partial charge on any atom is 0.238 e. The largest absolute Gasteiger partial charge is 0.352 e. The van der Waals surface area contributed by atoms with E-state index in [1.54, 1.807) is 30.9 Å². The summed E-state index contributed by atoms with van der Waals surface area (Å²) in [6.45, 7) is 1.16. The van der Waals surface area contributed by atoms with Gasteiger partial charge >= 0.3 is 0 Å². The van der Waals surface area contributed by atoms with Crippen molar-refractivity contribution in [3.63, 3.8) is 0 Å². The van der Waals surface area contributed by atoms with E-state index in [0.717, 1.165) is 11.5 Å². The van der Waals surface area contributed by atoms with Crippen LogP contribution in [0.2, 0.25) is 0 Å². The lowest BCUT2D eigenvalue weighted by Gasteiger charge is -2.22. The van der Waals surface area contributed by atoms with Crippen molar-refractivity contribution in [3.05, 3.63) is 59.7 Å². The fourth-order valence-corrected chi connectivity index (χ4v) is 3.47. The molecule has 0 spiro atoms. The van der Waals surface area contributed by atoms with Crippen LogP contribution >= 0.6 is 11.8 Å². The molecule has 140 valence electrons. The third kappa shape index (κ3) is 5.76. The summed E-state index contributed by atoms with van der Waals surface area (Å²) in [7, 11) is -0.0268. The number of hydrogen-bond donors (Lipinski definition) is 2. The lowest BCUT2D eigenvalue weighted by atomic mass is 10.2. The molecular formula is C18H24N4O2S2. The van der Waals surface area contributed by atoms with Gasteiger partial charge in [-0.05, 0) is 41.6 Å². The van der Waals surface area contributed by atoms with Crippen molar-refractivity contribution in [2.75, 3.05) is 20.4 Å². The van der Waals surface area contributed by atoms with Crippen LogP contribution in [-0.2, 0) is 23.1 Å². The van der Waals surface area contributed by atoms with Crippen LogP contribution in [0.3, 0.4) is 0 Å². The zero-order valence-corrected chi connectivity index (χ0v) is 16.8. The molecule has 2 rings (SSSR count). The molecule has 0 aromatic heterocycles. The minimum absolute atomic E-state index is 0.106. The molecule has 0 radical (unpaired) electrons. The molecule has 0 saturated heterocycles. The van der Waals surface area contributed by atoms with Gasteiger partial charge in [0.2, 0.25) is 10.0 Å². The monoisotopic (exact) mass is 392 g/mol. The van der Waals surface area contributed by atoms with Crippen LogP contribution in [-0.4, -0.2) is 39.6 Å². The third-order valence-corrected chi connectivity index (χ3v) is 5.48. The smallest absolute Gasteiger partial charge is 0.238 e. The van der Waals surface area contributed by atoms with Crippen LogP contribution in [0.1, 0.15) is 11.1 Å². The maximum atomic E-state index is 11.5. The van der Waals surface area contributed by atoms with Crippen molar-refractivity contribution in [1.29, 1.82) is 0 Å². The molecule has 0 fully saturated rings. The van der Waals surface area contributed by atoms with E-state index in [9.17, 15) is 8.42 Å². The summed E-state index contributed by atoms with van der Waals surface area (Å²) in [5.74, 6) is 0.722. The van der Waals surface area contributed by atoms with E-state index in [2.05, 4.69) is 40.8 Å². The Morgan fingerprint density at radius 3 is 2.46 bits per heavy atom. The molecule has 6 nitrogen and oxygen atoms in total. The number of thioether (sulfide) groups is 1. The number of sulfonamides is 1. The number of primary sulfonamides is 1. The van der Waals surface area contributed by atoms with E-state index in [-0.39, 0.29) is 4.90 Å². The topological polar surface area (TPSA) is 87.8 Å². The highest BCUT2D eigenvalue weighted by atomic mass is 32.2. The average molecular weight is 393 g/mol. The maximum absolute atomic E-state index is 11.5. The van der Waals surface area contributed by atoms with Crippen LogP contribution < -0.4 is 10.5 Å². The van der Waals surface area contributed by atoms with Gasteiger partial charge in [0.25, 0.3) is 0 Å². The highest BCUT2D eigenvalue weighted by Crippen LogP contribution is 2.15. The normalized spacial score (nSPS) is 12.1. The van der Waals surface area contributed by atoms with Gasteiger partial charge in [-0.2, -0.15) is 0 Å². The number of aliphatic imine (C=N–C) groups is 1. The molecule has 26 heavy (non-hydrogen) atoms. The fourth-order valence-electron chi connectivity index (χ4n) is 2.48. The fraction of sp³-hybridized carbons (Fsp3) is 0.278. The van der Waals surface area contributed by atoms with Gasteiger partial charge in [0.05, 0.1) is 4.90 Å². The molecule has 0 unspecified atom stereocenters. The van der Waals surface area contributed by atoms with Gasteiger partial charge < -0.3 is 10.2 Å². The van der Waals surface area contributed by atoms with Crippen molar-refractivity contribution in [1.82, 2.24) is 10.2 Å². The standard InChI is InChI=1S/C18H24N4O2S2/c1-20-18(22(2)13-14-7-9-16(25-3)10-8-14)21-12-15-5-4-6-17(11-15)26(19,23)24/h4-11H,12-13H2,1-3H3,(H,20,21)(H2,19,23,24). The van der Waals surface area contributed by atoms with E-state index in [1.165, 1.54) is 16.5 Å². The van der Waals surface area contributed by atoms with Gasteiger partial charge in [-0.25, -0.2) is 13.6 Å². The quantitative estimate of drug-likeness (QED) is 0.447. The summed E-state index contributed by atoms with van der Waals surface area (Å²) in [4.78, 5) is 7.64. The first-order valence-corrected chi connectivity index (χ1v) is 10.8. The summed E-state index contributed by atoms with van der Waals surface area (Å²) in [5, 5.41) is 8.42. The summed E-state index contributed by atoms with van der Waals surface area (Å²) >= 11 is 1.71. The molecule has 0 aliphatic carbocycles. The van der Waals surface area contributed by atoms with Gasteiger partial charge in [0, 0.05) is 32.1 Å². The second kappa shape index (κ2) is 9.07. The van der Waals surface area contributed by atoms with Crippen LogP contribution in [0.4, 0.5) is 0 Å². The SMILES string of the molecule is CN=C(NCc1cccc(S(N)(=O)=O)c1)N(C)Cc1ccc(SC)cc1. The molecule has 0 aliphatic heterocycles. The number of hydrogen-bond acceptors (Lipinski definition) is 4. The number of rotatable bonds is 6. The highest BCUT2D eigenvalue weighted by Gasteiger charge is 2.10. The minimum Gasteiger partial charge on any atom is -0.352 e. The van der Waals surface area contributed by atoms with E-state index >= 15 is 0 Å². The summed E-state index contributed by atoms with van der Waals surface area (Å²) in [6, 6.07) is 15.0.